The van der Waals surface area contributed by atoms with Crippen LogP contribution in [0.25, 0.3) is 0 Å². The van der Waals surface area contributed by atoms with E-state index in [1.54, 1.807) is 0 Å². The Balaban J connectivity index is 0.000001000. The quantitative estimate of drug-likeness (QED) is 0.717. The summed E-state index contributed by atoms with van der Waals surface area (Å²) in [5.74, 6) is 0. The molecule has 0 saturated heterocycles. The summed E-state index contributed by atoms with van der Waals surface area (Å²) in [6.45, 7) is 0.791. The number of para-hydroxylation sites is 1. The molecule has 0 saturated carbocycles. The van der Waals surface area contributed by atoms with Gasteiger partial charge in [0.1, 0.15) is 0 Å². The molecule has 0 heterocycles. The molecule has 0 amide bonds. The van der Waals surface area contributed by atoms with E-state index < -0.39 is 0 Å². The Morgan fingerprint density at radius 3 is 2.36 bits per heavy atom. The predicted molar refractivity (Wildman–Crippen MR) is 42.0 cm³/mol. The van der Waals surface area contributed by atoms with E-state index in [-0.39, 0.29) is 23.7 Å². The first-order chi connectivity index (χ1) is 4.93. The van der Waals surface area contributed by atoms with E-state index in [2.05, 4.69) is 5.32 Å². The molecule has 65 valence electrons. The third-order valence-electron chi connectivity index (χ3n) is 1.21. The molecule has 0 spiro atoms. The summed E-state index contributed by atoms with van der Waals surface area (Å²) < 4.78 is 0. The van der Waals surface area contributed by atoms with E-state index in [0.29, 0.717) is 6.54 Å². The van der Waals surface area contributed by atoms with Gasteiger partial charge in [-0.05, 0) is 12.1 Å². The number of benzene rings is 1. The van der Waals surface area contributed by atoms with Gasteiger partial charge in [0.15, 0.2) is 0 Å². The summed E-state index contributed by atoms with van der Waals surface area (Å²) in [4.78, 5) is 0. The average Bonchev–Trinajstić information content (AvgIpc) is 2.03. The second-order valence-corrected chi connectivity index (χ2v) is 2.02. The molecule has 1 aromatic rings. The summed E-state index contributed by atoms with van der Waals surface area (Å²) >= 11 is 0. The number of rotatable bonds is 3. The normalized spacial score (nSPS) is 8.45. The Labute approximate surface area is 77.1 Å². The van der Waals surface area contributed by atoms with Crippen molar-refractivity contribution < 1.29 is 22.2 Å². The molecule has 0 atom stereocenters. The largest absolute Gasteiger partial charge is 0.395 e. The van der Waals surface area contributed by atoms with E-state index in [9.17, 15) is 0 Å². The predicted octanol–water partition coefficient (Wildman–Crippen LogP) is 1.09. The summed E-state index contributed by atoms with van der Waals surface area (Å²) in [7, 11) is 0. The van der Waals surface area contributed by atoms with Crippen LogP contribution in [0.3, 0.4) is 0 Å². The molecule has 0 unspecified atom stereocenters. The van der Waals surface area contributed by atoms with Crippen LogP contribution in [0.4, 0.5) is 5.69 Å². The van der Waals surface area contributed by atoms with Gasteiger partial charge in [-0.15, -0.1) is 0 Å². The molecule has 0 aliphatic rings. The second-order valence-electron chi connectivity index (χ2n) is 2.02. The summed E-state index contributed by atoms with van der Waals surface area (Å²) in [6.07, 6.45) is 0. The molecule has 2 nitrogen and oxygen atoms in total. The Kier molecular flexibility index (Phi) is 5.94. The van der Waals surface area contributed by atoms with Crippen LogP contribution in [-0.4, -0.2) is 18.3 Å². The minimum atomic E-state index is 0. The standard InChI is InChI=1S/C8H11NO.Cu/c10-7-6-9-8-4-2-1-3-5-8;/h1-5,9-10H,6-7H2;. The number of anilines is 1. The van der Waals surface area contributed by atoms with Crippen molar-refractivity contribution >= 4 is 5.69 Å². The molecular weight excluding hydrogens is 190 g/mol. The third-order valence-corrected chi connectivity index (χ3v) is 1.21. The van der Waals surface area contributed by atoms with Crippen molar-refractivity contribution in [1.29, 1.82) is 0 Å². The monoisotopic (exact) mass is 200 g/mol. The fourth-order valence-electron chi connectivity index (χ4n) is 0.756. The van der Waals surface area contributed by atoms with Crippen LogP contribution in [0.5, 0.6) is 0 Å². The maximum absolute atomic E-state index is 8.47. The molecule has 0 bridgehead atoms. The van der Waals surface area contributed by atoms with Gasteiger partial charge in [0.05, 0.1) is 6.61 Å². The van der Waals surface area contributed by atoms with Crippen molar-refractivity contribution in [2.75, 3.05) is 18.5 Å². The van der Waals surface area contributed by atoms with Crippen molar-refractivity contribution in [3.63, 3.8) is 0 Å². The van der Waals surface area contributed by atoms with Gasteiger partial charge < -0.3 is 10.4 Å². The molecule has 1 rings (SSSR count). The number of aliphatic hydroxyl groups is 1. The fourth-order valence-corrected chi connectivity index (χ4v) is 0.756. The molecule has 0 aromatic heterocycles. The van der Waals surface area contributed by atoms with Gasteiger partial charge >= 0.3 is 0 Å². The average molecular weight is 201 g/mol. The van der Waals surface area contributed by atoms with Crippen molar-refractivity contribution in [3.8, 4) is 0 Å². The zero-order chi connectivity index (χ0) is 7.23. The minimum absolute atomic E-state index is 0. The van der Waals surface area contributed by atoms with Crippen molar-refractivity contribution in [2.45, 2.75) is 0 Å². The first kappa shape index (κ1) is 10.5. The van der Waals surface area contributed by atoms with Crippen LogP contribution in [0.2, 0.25) is 0 Å². The zero-order valence-corrected chi connectivity index (χ0v) is 6.99. The van der Waals surface area contributed by atoms with E-state index in [1.807, 2.05) is 30.3 Å². The van der Waals surface area contributed by atoms with Gasteiger partial charge in [-0.25, -0.2) is 0 Å². The molecule has 3 heteroatoms. The van der Waals surface area contributed by atoms with Gasteiger partial charge in [0.25, 0.3) is 0 Å². The van der Waals surface area contributed by atoms with Crippen LogP contribution < -0.4 is 5.32 Å². The van der Waals surface area contributed by atoms with Crippen LogP contribution in [-0.2, 0) is 17.1 Å². The smallest absolute Gasteiger partial charge is 0.0604 e. The SMILES string of the molecule is OCCNc1ccccc1.[Cu]. The van der Waals surface area contributed by atoms with Crippen molar-refractivity contribution in [1.82, 2.24) is 0 Å². The number of aliphatic hydroxyl groups excluding tert-OH is 1. The zero-order valence-electron chi connectivity index (χ0n) is 6.05. The van der Waals surface area contributed by atoms with Crippen molar-refractivity contribution in [2.24, 2.45) is 0 Å². The van der Waals surface area contributed by atoms with Gasteiger partial charge in [-0.2, -0.15) is 0 Å². The Morgan fingerprint density at radius 1 is 1.18 bits per heavy atom. The molecule has 1 radical (unpaired) electrons. The molecule has 1 aromatic carbocycles. The second kappa shape index (κ2) is 6.23. The Bertz CT molecular complexity index is 179. The van der Waals surface area contributed by atoms with Crippen LogP contribution >= 0.6 is 0 Å². The number of hydrogen-bond donors (Lipinski definition) is 2. The summed E-state index contributed by atoms with van der Waals surface area (Å²) in [6, 6.07) is 9.81. The fraction of sp³-hybridized carbons (Fsp3) is 0.250. The van der Waals surface area contributed by atoms with E-state index >= 15 is 0 Å². The minimum Gasteiger partial charge on any atom is -0.395 e. The van der Waals surface area contributed by atoms with Gasteiger partial charge in [0.2, 0.25) is 0 Å². The molecular formula is C8H11CuNO. The third kappa shape index (κ3) is 4.04. The molecule has 11 heavy (non-hydrogen) atoms. The van der Waals surface area contributed by atoms with E-state index in [1.165, 1.54) is 0 Å². The Hall–Kier alpha value is -0.501. The van der Waals surface area contributed by atoms with Crippen LogP contribution in [0.1, 0.15) is 0 Å². The molecule has 2 N–H and O–H groups in total. The van der Waals surface area contributed by atoms with Gasteiger partial charge in [0, 0.05) is 29.3 Å². The van der Waals surface area contributed by atoms with E-state index in [0.717, 1.165) is 5.69 Å². The number of hydrogen-bond acceptors (Lipinski definition) is 2. The topological polar surface area (TPSA) is 32.3 Å². The van der Waals surface area contributed by atoms with Crippen LogP contribution in [0.15, 0.2) is 30.3 Å². The molecule has 0 aliphatic heterocycles. The van der Waals surface area contributed by atoms with Crippen LogP contribution in [0, 0.1) is 0 Å². The maximum atomic E-state index is 8.47. The number of nitrogens with one attached hydrogen (secondary N) is 1. The summed E-state index contributed by atoms with van der Waals surface area (Å²) in [5.41, 5.74) is 1.05. The molecule has 0 aliphatic carbocycles. The van der Waals surface area contributed by atoms with Crippen molar-refractivity contribution in [3.05, 3.63) is 30.3 Å². The van der Waals surface area contributed by atoms with E-state index in [4.69, 9.17) is 5.11 Å². The van der Waals surface area contributed by atoms with Gasteiger partial charge in [-0.1, -0.05) is 18.2 Å². The molecule has 0 fully saturated rings. The van der Waals surface area contributed by atoms with Gasteiger partial charge in [-0.3, -0.25) is 0 Å². The Morgan fingerprint density at radius 2 is 1.82 bits per heavy atom. The first-order valence-electron chi connectivity index (χ1n) is 3.33. The summed E-state index contributed by atoms with van der Waals surface area (Å²) in [5, 5.41) is 11.5. The maximum Gasteiger partial charge on any atom is 0.0604 e. The first-order valence-corrected chi connectivity index (χ1v) is 3.33.